The van der Waals surface area contributed by atoms with Crippen molar-refractivity contribution in [2.75, 3.05) is 45.9 Å². The van der Waals surface area contributed by atoms with Gasteiger partial charge in [-0.3, -0.25) is 19.4 Å². The number of cyclic esters (lactones) is 1. The molecule has 42 heavy (non-hydrogen) atoms. The molecule has 0 saturated carbocycles. The van der Waals surface area contributed by atoms with Crippen LogP contribution in [-0.4, -0.2) is 105 Å². The number of hydrogen-bond donors (Lipinski definition) is 1. The van der Waals surface area contributed by atoms with Crippen molar-refractivity contribution >= 4 is 29.2 Å². The molecule has 3 aliphatic heterocycles. The predicted octanol–water partition coefficient (Wildman–Crippen LogP) is 3.28. The monoisotopic (exact) mass is 594 g/mol. The first-order valence-corrected chi connectivity index (χ1v) is 15.4. The van der Waals surface area contributed by atoms with Crippen molar-refractivity contribution in [2.24, 2.45) is 0 Å². The first-order valence-electron chi connectivity index (χ1n) is 14.5. The summed E-state index contributed by atoms with van der Waals surface area (Å²) in [7, 11) is 0. The van der Waals surface area contributed by atoms with Crippen LogP contribution in [0.5, 0.6) is 5.75 Å². The molecule has 0 aliphatic carbocycles. The Morgan fingerprint density at radius 3 is 2.52 bits per heavy atom. The van der Waals surface area contributed by atoms with E-state index in [1.807, 2.05) is 27.3 Å². The highest BCUT2D eigenvalue weighted by molar-refractivity contribution is 7.07. The van der Waals surface area contributed by atoms with E-state index in [2.05, 4.69) is 22.2 Å². The summed E-state index contributed by atoms with van der Waals surface area (Å²) in [6.45, 7) is 9.80. The Hall–Kier alpha value is -3.69. The minimum Gasteiger partial charge on any atom is -0.505 e. The normalized spacial score (nSPS) is 19.4. The molecule has 0 radical (unpaired) electrons. The summed E-state index contributed by atoms with van der Waals surface area (Å²) in [6, 6.07) is 4.00. The second-order valence-corrected chi connectivity index (χ2v) is 12.5. The van der Waals surface area contributed by atoms with Gasteiger partial charge in [0.2, 0.25) is 5.91 Å². The van der Waals surface area contributed by atoms with Crippen molar-refractivity contribution in [3.63, 3.8) is 0 Å². The number of nitrogens with zero attached hydrogens (tertiary/aromatic N) is 6. The van der Waals surface area contributed by atoms with Crippen molar-refractivity contribution in [1.82, 2.24) is 24.6 Å². The lowest BCUT2D eigenvalue weighted by atomic mass is 9.85. The van der Waals surface area contributed by atoms with Gasteiger partial charge in [-0.25, -0.2) is 9.78 Å². The van der Waals surface area contributed by atoms with Gasteiger partial charge < -0.3 is 19.6 Å². The molecule has 2 aromatic heterocycles. The van der Waals surface area contributed by atoms with Crippen molar-refractivity contribution < 1.29 is 24.2 Å². The Morgan fingerprint density at radius 2 is 1.93 bits per heavy atom. The van der Waals surface area contributed by atoms with Crippen molar-refractivity contribution in [1.29, 1.82) is 5.26 Å². The molecule has 0 unspecified atom stereocenters. The van der Waals surface area contributed by atoms with Gasteiger partial charge in [0.05, 0.1) is 17.8 Å². The van der Waals surface area contributed by atoms with Gasteiger partial charge in [0, 0.05) is 49.9 Å². The molecule has 3 fully saturated rings. The van der Waals surface area contributed by atoms with Crippen LogP contribution < -0.4 is 0 Å². The Kier molecular flexibility index (Phi) is 8.70. The molecular formula is C30H38N6O5S. The number of likely N-dealkylation sites (tertiary alicyclic amines) is 2. The summed E-state index contributed by atoms with van der Waals surface area (Å²) >= 11 is 1.61. The molecule has 1 N–H and O–H groups in total. The number of nitriles is 1. The topological polar surface area (TPSA) is 130 Å². The van der Waals surface area contributed by atoms with Gasteiger partial charge >= 0.3 is 6.09 Å². The largest absolute Gasteiger partial charge is 0.505 e. The van der Waals surface area contributed by atoms with Gasteiger partial charge in [-0.05, 0) is 68.8 Å². The lowest BCUT2D eigenvalue weighted by molar-refractivity contribution is -0.136. The Bertz CT molecular complexity index is 1370. The van der Waals surface area contributed by atoms with E-state index in [0.29, 0.717) is 49.6 Å². The van der Waals surface area contributed by atoms with Gasteiger partial charge in [0.25, 0.3) is 5.91 Å². The number of aromatic nitrogens is 1. The van der Waals surface area contributed by atoms with Crippen LogP contribution in [0.4, 0.5) is 4.79 Å². The molecule has 0 atom stereocenters. The number of piperidine rings is 2. The van der Waals surface area contributed by atoms with E-state index in [1.54, 1.807) is 25.2 Å². The van der Waals surface area contributed by atoms with Crippen molar-refractivity contribution in [3.05, 3.63) is 44.9 Å². The zero-order chi connectivity index (χ0) is 30.0. The highest BCUT2D eigenvalue weighted by Gasteiger charge is 2.40. The number of pyridine rings is 1. The molecule has 3 aliphatic rings. The highest BCUT2D eigenvalue weighted by Crippen LogP contribution is 2.34. The number of carbonyl (C=O) groups is 3. The van der Waals surface area contributed by atoms with Crippen LogP contribution in [0.3, 0.4) is 0 Å². The summed E-state index contributed by atoms with van der Waals surface area (Å²) in [6.07, 6.45) is 2.88. The maximum absolute atomic E-state index is 13.4. The molecule has 11 nitrogen and oxygen atoms in total. The van der Waals surface area contributed by atoms with Crippen molar-refractivity contribution in [3.8, 4) is 11.8 Å². The summed E-state index contributed by atoms with van der Waals surface area (Å²) in [4.78, 5) is 50.7. The fourth-order valence-corrected chi connectivity index (χ4v) is 7.10. The zero-order valence-corrected chi connectivity index (χ0v) is 25.3. The summed E-state index contributed by atoms with van der Waals surface area (Å²) < 4.78 is 5.02. The first-order chi connectivity index (χ1) is 20.1. The van der Waals surface area contributed by atoms with E-state index in [-0.39, 0.29) is 41.4 Å². The Balaban J connectivity index is 1.20. The first kappa shape index (κ1) is 29.8. The molecule has 3 amide bonds. The van der Waals surface area contributed by atoms with E-state index < -0.39 is 6.09 Å². The van der Waals surface area contributed by atoms with Gasteiger partial charge in [-0.2, -0.15) is 16.6 Å². The number of ether oxygens (including phenoxy) is 1. The molecule has 2 aromatic rings. The average Bonchev–Trinajstić information content (AvgIpc) is 3.65. The molecule has 0 spiro atoms. The number of aryl methyl sites for hydroxylation is 1. The third-order valence-electron chi connectivity index (χ3n) is 9.14. The maximum Gasteiger partial charge on any atom is 0.410 e. The van der Waals surface area contributed by atoms with Crippen LogP contribution in [0.25, 0.3) is 0 Å². The van der Waals surface area contributed by atoms with Gasteiger partial charge in [0.1, 0.15) is 19.2 Å². The molecule has 224 valence electrons. The quantitative estimate of drug-likeness (QED) is 0.517. The smallest absolute Gasteiger partial charge is 0.410 e. The Labute approximate surface area is 250 Å². The molecule has 0 aromatic carbocycles. The molecular weight excluding hydrogens is 556 g/mol. The van der Waals surface area contributed by atoms with Gasteiger partial charge in [-0.1, -0.05) is 0 Å². The molecule has 0 bridgehead atoms. The fraction of sp³-hybridized carbons (Fsp3) is 0.567. The third kappa shape index (κ3) is 5.94. The second kappa shape index (κ2) is 12.3. The standard InChI is InChI=1S/C30H38N6O5S/c1-20-26(21(2)32-24(16-31)27(20)38)28(39)33-11-7-30(3,8-12-33)35-9-4-23(5-10-35)36(17-22-6-15-42-19-22)25(37)18-34-13-14-41-29(34)40/h6,15,19,23,38H,4-5,7-14,17-18H2,1-3H3. The van der Waals surface area contributed by atoms with Crippen LogP contribution in [-0.2, 0) is 16.1 Å². The predicted molar refractivity (Wildman–Crippen MR) is 156 cm³/mol. The van der Waals surface area contributed by atoms with E-state index >= 15 is 0 Å². The van der Waals surface area contributed by atoms with Crippen LogP contribution in [0.2, 0.25) is 0 Å². The maximum atomic E-state index is 13.4. The number of carbonyl (C=O) groups excluding carboxylic acids is 3. The van der Waals surface area contributed by atoms with Crippen LogP contribution in [0.1, 0.15) is 65.5 Å². The van der Waals surface area contributed by atoms with Gasteiger partial charge in [-0.15, -0.1) is 0 Å². The minimum absolute atomic E-state index is 0.0379. The van der Waals surface area contributed by atoms with Crippen LogP contribution in [0, 0.1) is 25.2 Å². The average molecular weight is 595 g/mol. The lowest BCUT2D eigenvalue weighted by Gasteiger charge is -2.50. The number of hydrogen-bond acceptors (Lipinski definition) is 9. The Morgan fingerprint density at radius 1 is 1.21 bits per heavy atom. The minimum atomic E-state index is -0.427. The summed E-state index contributed by atoms with van der Waals surface area (Å²) in [5, 5.41) is 23.6. The summed E-state index contributed by atoms with van der Waals surface area (Å²) in [5.41, 5.74) is 2.17. The fourth-order valence-electron chi connectivity index (χ4n) is 6.44. The van der Waals surface area contributed by atoms with E-state index in [9.17, 15) is 24.8 Å². The molecule has 5 heterocycles. The number of thiophene rings is 1. The number of rotatable bonds is 7. The second-order valence-electron chi connectivity index (χ2n) is 11.7. The van der Waals surface area contributed by atoms with Gasteiger partial charge in [0.15, 0.2) is 11.4 Å². The van der Waals surface area contributed by atoms with Crippen LogP contribution >= 0.6 is 11.3 Å². The summed E-state index contributed by atoms with van der Waals surface area (Å²) in [5.74, 6) is -0.448. The van der Waals surface area contributed by atoms with E-state index in [4.69, 9.17) is 4.74 Å². The highest BCUT2D eigenvalue weighted by atomic mass is 32.1. The zero-order valence-electron chi connectivity index (χ0n) is 24.5. The molecule has 3 saturated heterocycles. The van der Waals surface area contributed by atoms with Crippen molar-refractivity contribution in [2.45, 2.75) is 64.6 Å². The van der Waals surface area contributed by atoms with E-state index in [0.717, 1.165) is 44.3 Å². The van der Waals surface area contributed by atoms with E-state index in [1.165, 1.54) is 4.90 Å². The molecule has 5 rings (SSSR count). The third-order valence-corrected chi connectivity index (χ3v) is 9.87. The number of amides is 3. The van der Waals surface area contributed by atoms with Crippen LogP contribution in [0.15, 0.2) is 16.8 Å². The lowest BCUT2D eigenvalue weighted by Crippen LogP contribution is -2.58. The SMILES string of the molecule is Cc1nc(C#N)c(O)c(C)c1C(=O)N1CCC(C)(N2CCC(N(Cc3ccsc3)C(=O)CN3CCOC3=O)CC2)CC1. The number of aromatic hydroxyl groups is 1. The molecule has 12 heteroatoms.